The number of rotatable bonds is 3. The van der Waals surface area contributed by atoms with E-state index in [1.807, 2.05) is 32.9 Å². The first-order valence-electron chi connectivity index (χ1n) is 6.97. The van der Waals surface area contributed by atoms with Crippen LogP contribution < -0.4 is 0 Å². The molecule has 1 atom stereocenters. The maximum atomic E-state index is 12.2. The number of hydrogen-bond acceptors (Lipinski definition) is 4. The Morgan fingerprint density at radius 3 is 2.62 bits per heavy atom. The van der Waals surface area contributed by atoms with E-state index in [4.69, 9.17) is 4.74 Å². The van der Waals surface area contributed by atoms with Gasteiger partial charge in [-0.05, 0) is 33.8 Å². The number of ether oxygens (including phenoxy) is 1. The minimum atomic E-state index is -0.424. The highest BCUT2D eigenvalue weighted by atomic mass is 16.5. The molecule has 0 aromatic heterocycles. The first-order valence-corrected chi connectivity index (χ1v) is 6.97. The second-order valence-corrected chi connectivity index (χ2v) is 5.47. The van der Waals surface area contributed by atoms with Gasteiger partial charge >= 0.3 is 5.97 Å². The maximum Gasteiger partial charge on any atom is 0.338 e. The van der Waals surface area contributed by atoms with Gasteiger partial charge in [0.15, 0.2) is 0 Å². The molecule has 1 heterocycles. The molecule has 1 aromatic carbocycles. The van der Waals surface area contributed by atoms with E-state index in [0.717, 1.165) is 5.56 Å². The van der Waals surface area contributed by atoms with E-state index >= 15 is 0 Å². The number of aliphatic imine (C=N–C) groups is 1. The van der Waals surface area contributed by atoms with E-state index in [2.05, 4.69) is 4.99 Å². The van der Waals surface area contributed by atoms with Crippen molar-refractivity contribution in [2.45, 2.75) is 39.8 Å². The third kappa shape index (κ3) is 2.68. The molecule has 1 amide bonds. The quantitative estimate of drug-likeness (QED) is 0.801. The van der Waals surface area contributed by atoms with E-state index in [1.54, 1.807) is 17.9 Å². The molecule has 1 aliphatic heterocycles. The summed E-state index contributed by atoms with van der Waals surface area (Å²) in [5.41, 5.74) is 2.02. The Morgan fingerprint density at radius 1 is 1.38 bits per heavy atom. The number of nitrogens with zero attached hydrogens (tertiary/aromatic N) is 2. The number of amides is 1. The number of hydrogen-bond donors (Lipinski definition) is 0. The van der Waals surface area contributed by atoms with E-state index in [1.165, 1.54) is 7.11 Å². The number of esters is 1. The third-order valence-corrected chi connectivity index (χ3v) is 3.48. The Kier molecular flexibility index (Phi) is 4.11. The third-order valence-electron chi connectivity index (χ3n) is 3.48. The minimum absolute atomic E-state index is 0.0204. The summed E-state index contributed by atoms with van der Waals surface area (Å²) >= 11 is 0. The van der Waals surface area contributed by atoms with Crippen molar-refractivity contribution in [3.05, 3.63) is 34.9 Å². The summed E-state index contributed by atoms with van der Waals surface area (Å²) in [5.74, 6) is 0.0754. The second kappa shape index (κ2) is 5.68. The molecule has 0 N–H and O–H groups in total. The Morgan fingerprint density at radius 2 is 2.05 bits per heavy atom. The van der Waals surface area contributed by atoms with Crippen LogP contribution in [-0.2, 0) is 9.53 Å². The summed E-state index contributed by atoms with van der Waals surface area (Å²) in [6.45, 7) is 7.52. The molecule has 1 aliphatic rings. The molecule has 0 fully saturated rings. The lowest BCUT2D eigenvalue weighted by molar-refractivity contribution is -0.128. The van der Waals surface area contributed by atoms with Crippen molar-refractivity contribution < 1.29 is 14.3 Å². The molecule has 112 valence electrons. The van der Waals surface area contributed by atoms with Crippen molar-refractivity contribution in [2.24, 2.45) is 4.99 Å². The van der Waals surface area contributed by atoms with Crippen LogP contribution in [0.15, 0.2) is 23.2 Å². The molecule has 5 nitrogen and oxygen atoms in total. The molecule has 0 saturated carbocycles. The lowest BCUT2D eigenvalue weighted by Gasteiger charge is -2.24. The topological polar surface area (TPSA) is 59.0 Å². The van der Waals surface area contributed by atoms with Crippen molar-refractivity contribution in [2.75, 3.05) is 7.11 Å². The Hall–Kier alpha value is -2.17. The molecule has 0 spiro atoms. The molecule has 1 unspecified atom stereocenters. The molecule has 1 aromatic rings. The van der Waals surface area contributed by atoms with Gasteiger partial charge in [-0.25, -0.2) is 4.79 Å². The number of benzene rings is 1. The fraction of sp³-hybridized carbons (Fsp3) is 0.438. The molecular formula is C16H20N2O3. The summed E-state index contributed by atoms with van der Waals surface area (Å²) in [7, 11) is 1.35. The summed E-state index contributed by atoms with van der Waals surface area (Å²) in [5, 5.41) is 0. The van der Waals surface area contributed by atoms with E-state index < -0.39 is 12.0 Å². The van der Waals surface area contributed by atoms with Gasteiger partial charge in [-0.2, -0.15) is 0 Å². The Balaban J connectivity index is 2.58. The van der Waals surface area contributed by atoms with Crippen molar-refractivity contribution in [1.82, 2.24) is 4.90 Å². The molecule has 5 heteroatoms. The normalized spacial score (nSPS) is 18.2. The van der Waals surface area contributed by atoms with Crippen LogP contribution in [0.1, 0.15) is 42.3 Å². The minimum Gasteiger partial charge on any atom is -0.465 e. The lowest BCUT2D eigenvalue weighted by Crippen LogP contribution is -2.40. The van der Waals surface area contributed by atoms with Crippen LogP contribution >= 0.6 is 0 Å². The molecule has 0 bridgehead atoms. The zero-order valence-electron chi connectivity index (χ0n) is 13.0. The predicted octanol–water partition coefficient (Wildman–Crippen LogP) is 2.17. The number of carbonyl (C=O) groups excluding carboxylic acids is 2. The lowest BCUT2D eigenvalue weighted by atomic mass is 10.0. The molecular weight excluding hydrogens is 268 g/mol. The summed E-state index contributed by atoms with van der Waals surface area (Å²) in [4.78, 5) is 30.3. The van der Waals surface area contributed by atoms with Gasteiger partial charge in [0.2, 0.25) is 0 Å². The van der Waals surface area contributed by atoms with E-state index in [-0.39, 0.29) is 11.9 Å². The summed E-state index contributed by atoms with van der Waals surface area (Å²) < 4.78 is 4.84. The van der Waals surface area contributed by atoms with Crippen molar-refractivity contribution in [3.63, 3.8) is 0 Å². The Bertz CT molecular complexity index is 620. The summed E-state index contributed by atoms with van der Waals surface area (Å²) in [6, 6.07) is 5.04. The maximum absolute atomic E-state index is 12.2. The number of amidine groups is 1. The SMILES string of the molecule is COC(=O)c1cc(C)ccc1C1=NC(C)C(=O)N1C(C)C. The second-order valence-electron chi connectivity index (χ2n) is 5.47. The molecule has 0 aliphatic carbocycles. The molecule has 0 radical (unpaired) electrons. The van der Waals surface area contributed by atoms with Crippen LogP contribution in [0.3, 0.4) is 0 Å². The van der Waals surface area contributed by atoms with Crippen LogP contribution in [0.25, 0.3) is 0 Å². The van der Waals surface area contributed by atoms with Crippen molar-refractivity contribution in [1.29, 1.82) is 0 Å². The molecule has 2 rings (SSSR count). The van der Waals surface area contributed by atoms with Crippen molar-refractivity contribution in [3.8, 4) is 0 Å². The predicted molar refractivity (Wildman–Crippen MR) is 80.5 cm³/mol. The monoisotopic (exact) mass is 288 g/mol. The fourth-order valence-corrected chi connectivity index (χ4v) is 2.44. The first-order chi connectivity index (χ1) is 9.86. The highest BCUT2D eigenvalue weighted by Crippen LogP contribution is 2.23. The standard InChI is InChI=1S/C16H20N2O3/c1-9(2)18-14(17-11(4)15(18)19)12-7-6-10(3)8-13(12)16(20)21-5/h6-9,11H,1-5H3. The highest BCUT2D eigenvalue weighted by molar-refractivity contribution is 6.17. The van der Waals surface area contributed by atoms with Gasteiger partial charge in [-0.1, -0.05) is 17.7 Å². The zero-order chi connectivity index (χ0) is 15.7. The number of aryl methyl sites for hydroxylation is 1. The number of carbonyl (C=O) groups is 2. The zero-order valence-corrected chi connectivity index (χ0v) is 13.0. The van der Waals surface area contributed by atoms with Crippen LogP contribution in [0.5, 0.6) is 0 Å². The van der Waals surface area contributed by atoms with Gasteiger partial charge in [0, 0.05) is 11.6 Å². The smallest absolute Gasteiger partial charge is 0.338 e. The van der Waals surface area contributed by atoms with Crippen LogP contribution in [0.2, 0.25) is 0 Å². The van der Waals surface area contributed by atoms with Gasteiger partial charge in [-0.15, -0.1) is 0 Å². The van der Waals surface area contributed by atoms with Gasteiger partial charge in [-0.3, -0.25) is 14.7 Å². The van der Waals surface area contributed by atoms with Crippen LogP contribution in [0, 0.1) is 6.92 Å². The summed E-state index contributed by atoms with van der Waals surface area (Å²) in [6.07, 6.45) is 0. The van der Waals surface area contributed by atoms with Crippen LogP contribution in [-0.4, -0.2) is 41.8 Å². The molecule has 0 saturated heterocycles. The van der Waals surface area contributed by atoms with Gasteiger partial charge in [0.1, 0.15) is 11.9 Å². The first kappa shape index (κ1) is 15.2. The van der Waals surface area contributed by atoms with E-state index in [9.17, 15) is 9.59 Å². The van der Waals surface area contributed by atoms with Gasteiger partial charge in [0.25, 0.3) is 5.91 Å². The largest absolute Gasteiger partial charge is 0.465 e. The average Bonchev–Trinajstić information content (AvgIpc) is 2.73. The Labute approximate surface area is 124 Å². The average molecular weight is 288 g/mol. The van der Waals surface area contributed by atoms with E-state index in [0.29, 0.717) is 17.0 Å². The van der Waals surface area contributed by atoms with Crippen molar-refractivity contribution >= 4 is 17.7 Å². The fourth-order valence-electron chi connectivity index (χ4n) is 2.44. The highest BCUT2D eigenvalue weighted by Gasteiger charge is 2.35. The van der Waals surface area contributed by atoms with Crippen LogP contribution in [0.4, 0.5) is 0 Å². The van der Waals surface area contributed by atoms with Gasteiger partial charge in [0.05, 0.1) is 12.7 Å². The van der Waals surface area contributed by atoms with Gasteiger partial charge < -0.3 is 4.74 Å². The number of methoxy groups -OCH3 is 1. The molecule has 21 heavy (non-hydrogen) atoms.